The number of amides is 1. The van der Waals surface area contributed by atoms with E-state index in [9.17, 15) is 4.79 Å². The first-order valence-electron chi connectivity index (χ1n) is 6.78. The Kier molecular flexibility index (Phi) is 6.27. The first kappa shape index (κ1) is 18.6. The summed E-state index contributed by atoms with van der Waals surface area (Å²) in [5, 5.41) is 6.94. The van der Waals surface area contributed by atoms with Gasteiger partial charge in [-0.25, -0.2) is 0 Å². The Labute approximate surface area is 141 Å². The normalized spacial score (nSPS) is 9.91. The molecule has 1 amide bonds. The van der Waals surface area contributed by atoms with Gasteiger partial charge in [0.2, 0.25) is 0 Å². The summed E-state index contributed by atoms with van der Waals surface area (Å²) in [6.45, 7) is 3.59. The van der Waals surface area contributed by atoms with Crippen molar-refractivity contribution in [1.82, 2.24) is 9.78 Å². The lowest BCUT2D eigenvalue weighted by Gasteiger charge is -2.11. The zero-order chi connectivity index (χ0) is 16.3. The maximum Gasteiger partial charge on any atom is 0.262 e. The number of nitrogens with one attached hydrogen (secondary N) is 1. The van der Waals surface area contributed by atoms with Crippen LogP contribution in [0.5, 0.6) is 11.5 Å². The van der Waals surface area contributed by atoms with Crippen LogP contribution < -0.4 is 20.5 Å². The van der Waals surface area contributed by atoms with Crippen LogP contribution in [0.1, 0.15) is 11.4 Å². The highest BCUT2D eigenvalue weighted by atomic mass is 35.5. The molecule has 3 N–H and O–H groups in total. The second kappa shape index (κ2) is 7.73. The van der Waals surface area contributed by atoms with E-state index in [0.29, 0.717) is 22.9 Å². The molecule has 1 aromatic heterocycles. The summed E-state index contributed by atoms with van der Waals surface area (Å²) < 4.78 is 12.4. The van der Waals surface area contributed by atoms with Crippen molar-refractivity contribution in [3.63, 3.8) is 0 Å². The van der Waals surface area contributed by atoms with Gasteiger partial charge in [-0.1, -0.05) is 0 Å². The average Bonchev–Trinajstić information content (AvgIpc) is 2.72. The number of hydrogen-bond acceptors (Lipinski definition) is 5. The number of carbonyl (C=O) groups excluding carboxylic acids is 1. The molecule has 1 heterocycles. The molecule has 2 aromatic rings. The largest absolute Gasteiger partial charge is 0.497 e. The smallest absolute Gasteiger partial charge is 0.262 e. The van der Waals surface area contributed by atoms with Gasteiger partial charge in [-0.2, -0.15) is 5.10 Å². The quantitative estimate of drug-likeness (QED) is 0.813. The molecule has 0 aliphatic heterocycles. The molecular weight excluding hydrogens is 320 g/mol. The lowest BCUT2D eigenvalue weighted by atomic mass is 10.2. The van der Waals surface area contributed by atoms with Crippen LogP contribution in [0.3, 0.4) is 0 Å². The second-order valence-electron chi connectivity index (χ2n) is 4.91. The maximum atomic E-state index is 12.0. The van der Waals surface area contributed by atoms with Gasteiger partial charge >= 0.3 is 0 Å². The molecule has 8 heteroatoms. The highest BCUT2D eigenvalue weighted by Gasteiger charge is 2.13. The van der Waals surface area contributed by atoms with Gasteiger partial charge in [0.15, 0.2) is 12.4 Å². The number of halogens is 1. The molecule has 1 aromatic carbocycles. The van der Waals surface area contributed by atoms with Crippen molar-refractivity contribution in [2.75, 3.05) is 24.8 Å². The van der Waals surface area contributed by atoms with Crippen LogP contribution in [-0.4, -0.2) is 29.4 Å². The van der Waals surface area contributed by atoms with Crippen LogP contribution in [-0.2, 0) is 11.8 Å². The van der Waals surface area contributed by atoms with Gasteiger partial charge in [0, 0.05) is 13.1 Å². The summed E-state index contributed by atoms with van der Waals surface area (Å²) >= 11 is 0. The summed E-state index contributed by atoms with van der Waals surface area (Å²) in [7, 11) is 3.38. The van der Waals surface area contributed by atoms with Crippen LogP contribution >= 0.6 is 12.4 Å². The predicted octanol–water partition coefficient (Wildman–Crippen LogP) is 2.07. The Hall–Kier alpha value is -2.41. The first-order valence-corrected chi connectivity index (χ1v) is 6.78. The number of rotatable bonds is 5. The number of methoxy groups -OCH3 is 1. The second-order valence-corrected chi connectivity index (χ2v) is 4.91. The van der Waals surface area contributed by atoms with Crippen molar-refractivity contribution in [2.45, 2.75) is 13.8 Å². The number of anilines is 2. The van der Waals surface area contributed by atoms with E-state index in [-0.39, 0.29) is 24.9 Å². The Morgan fingerprint density at radius 1 is 1.39 bits per heavy atom. The van der Waals surface area contributed by atoms with Gasteiger partial charge in [0.1, 0.15) is 11.4 Å². The zero-order valence-electron chi connectivity index (χ0n) is 13.5. The van der Waals surface area contributed by atoms with Crippen molar-refractivity contribution in [3.8, 4) is 11.5 Å². The van der Waals surface area contributed by atoms with E-state index in [0.717, 1.165) is 11.4 Å². The van der Waals surface area contributed by atoms with Crippen molar-refractivity contribution >= 4 is 29.7 Å². The molecule has 7 nitrogen and oxygen atoms in total. The lowest BCUT2D eigenvalue weighted by molar-refractivity contribution is -0.118. The van der Waals surface area contributed by atoms with Crippen LogP contribution in [0.4, 0.5) is 11.4 Å². The fraction of sp³-hybridized carbons (Fsp3) is 0.333. The van der Waals surface area contributed by atoms with Crippen LogP contribution in [0.2, 0.25) is 0 Å². The molecule has 0 atom stereocenters. The number of hydrogen-bond donors (Lipinski definition) is 2. The molecule has 0 aliphatic rings. The zero-order valence-corrected chi connectivity index (χ0v) is 14.4. The van der Waals surface area contributed by atoms with Gasteiger partial charge in [0.05, 0.1) is 24.2 Å². The molecule has 2 rings (SSSR count). The highest BCUT2D eigenvalue weighted by Crippen LogP contribution is 2.25. The molecule has 0 saturated carbocycles. The molecule has 0 saturated heterocycles. The standard InChI is InChI=1S/C15H20N4O3.ClH/c1-9-15(10(2)19(3)18-9)22-8-14(20)17-13-7-11(21-4)5-6-12(13)16;/h5-7H,8,16H2,1-4H3,(H,17,20);1H. The number of nitrogens with two attached hydrogens (primary N) is 1. The Balaban J connectivity index is 0.00000264. The maximum absolute atomic E-state index is 12.0. The molecule has 0 fully saturated rings. The molecule has 0 radical (unpaired) electrons. The van der Waals surface area contributed by atoms with Gasteiger partial charge < -0.3 is 20.5 Å². The van der Waals surface area contributed by atoms with E-state index in [2.05, 4.69) is 10.4 Å². The summed E-state index contributed by atoms with van der Waals surface area (Å²) in [4.78, 5) is 12.0. The van der Waals surface area contributed by atoms with Crippen molar-refractivity contribution in [2.24, 2.45) is 7.05 Å². The molecule has 126 valence electrons. The van der Waals surface area contributed by atoms with E-state index in [1.807, 2.05) is 20.9 Å². The lowest BCUT2D eigenvalue weighted by Crippen LogP contribution is -2.21. The van der Waals surface area contributed by atoms with Crippen LogP contribution in [0.15, 0.2) is 18.2 Å². The number of ether oxygens (including phenoxy) is 2. The van der Waals surface area contributed by atoms with Gasteiger partial charge in [-0.3, -0.25) is 9.48 Å². The van der Waals surface area contributed by atoms with E-state index in [1.165, 1.54) is 0 Å². The van der Waals surface area contributed by atoms with Gasteiger partial charge in [-0.15, -0.1) is 12.4 Å². The molecule has 0 spiro atoms. The van der Waals surface area contributed by atoms with Gasteiger partial charge in [0.25, 0.3) is 5.91 Å². The predicted molar refractivity (Wildman–Crippen MR) is 91.5 cm³/mol. The summed E-state index contributed by atoms with van der Waals surface area (Å²) in [5.74, 6) is 0.934. The fourth-order valence-corrected chi connectivity index (χ4v) is 2.06. The van der Waals surface area contributed by atoms with E-state index >= 15 is 0 Å². The molecule has 23 heavy (non-hydrogen) atoms. The summed E-state index contributed by atoms with van der Waals surface area (Å²) in [5.41, 5.74) is 8.39. The third-order valence-electron chi connectivity index (χ3n) is 3.32. The molecule has 0 aliphatic carbocycles. The Bertz CT molecular complexity index is 700. The molecule has 0 bridgehead atoms. The van der Waals surface area contributed by atoms with E-state index < -0.39 is 0 Å². The minimum Gasteiger partial charge on any atom is -0.497 e. The van der Waals surface area contributed by atoms with Crippen molar-refractivity contribution in [1.29, 1.82) is 0 Å². The van der Waals surface area contributed by atoms with Crippen molar-refractivity contribution in [3.05, 3.63) is 29.6 Å². The van der Waals surface area contributed by atoms with Crippen LogP contribution in [0, 0.1) is 13.8 Å². The van der Waals surface area contributed by atoms with E-state index in [4.69, 9.17) is 15.2 Å². The third kappa shape index (κ3) is 4.29. The number of aryl methyl sites for hydroxylation is 2. The number of nitrogen functional groups attached to an aromatic ring is 1. The first-order chi connectivity index (χ1) is 10.4. The minimum atomic E-state index is -0.303. The van der Waals surface area contributed by atoms with E-state index in [1.54, 1.807) is 30.0 Å². The topological polar surface area (TPSA) is 91.4 Å². The highest BCUT2D eigenvalue weighted by molar-refractivity contribution is 5.95. The Morgan fingerprint density at radius 3 is 2.65 bits per heavy atom. The number of aromatic nitrogens is 2. The average molecular weight is 341 g/mol. The SMILES string of the molecule is COc1ccc(N)c(NC(=O)COc2c(C)nn(C)c2C)c1.Cl. The number of carbonyl (C=O) groups is 1. The van der Waals surface area contributed by atoms with Gasteiger partial charge in [-0.05, 0) is 26.0 Å². The number of benzene rings is 1. The molecular formula is C15H21ClN4O3. The third-order valence-corrected chi connectivity index (χ3v) is 3.32. The van der Waals surface area contributed by atoms with Crippen molar-refractivity contribution < 1.29 is 14.3 Å². The Morgan fingerprint density at radius 2 is 2.09 bits per heavy atom. The molecule has 0 unspecified atom stereocenters. The van der Waals surface area contributed by atoms with Crippen LogP contribution in [0.25, 0.3) is 0 Å². The number of nitrogens with zero attached hydrogens (tertiary/aromatic N) is 2. The summed E-state index contributed by atoms with van der Waals surface area (Å²) in [6, 6.07) is 5.06. The summed E-state index contributed by atoms with van der Waals surface area (Å²) in [6.07, 6.45) is 0. The minimum absolute atomic E-state index is 0. The monoisotopic (exact) mass is 340 g/mol. The fourth-order valence-electron chi connectivity index (χ4n) is 2.06.